The maximum absolute atomic E-state index is 12.6. The van der Waals surface area contributed by atoms with Crippen LogP contribution in [0.2, 0.25) is 0 Å². The minimum absolute atomic E-state index is 0.511. The van der Waals surface area contributed by atoms with Crippen LogP contribution in [0.25, 0.3) is 0 Å². The lowest BCUT2D eigenvalue weighted by atomic mass is 10.1. The van der Waals surface area contributed by atoms with Crippen molar-refractivity contribution in [3.05, 3.63) is 27.7 Å². The van der Waals surface area contributed by atoms with Crippen molar-refractivity contribution in [3.63, 3.8) is 0 Å². The van der Waals surface area contributed by atoms with Crippen LogP contribution in [0.4, 0.5) is 8.78 Å². The Labute approximate surface area is 96.6 Å². The molecule has 1 aromatic rings. The second-order valence-corrected chi connectivity index (χ2v) is 4.51. The second kappa shape index (κ2) is 4.47. The minimum atomic E-state index is -2.80. The molecular formula is C11H13BrF2O. The zero-order valence-electron chi connectivity index (χ0n) is 8.90. The van der Waals surface area contributed by atoms with E-state index in [1.165, 1.54) is 0 Å². The van der Waals surface area contributed by atoms with Crippen LogP contribution < -0.4 is 4.74 Å². The first-order valence-corrected chi connectivity index (χ1v) is 5.37. The molecular weight excluding hydrogens is 266 g/mol. The highest BCUT2D eigenvalue weighted by Gasteiger charge is 2.22. The van der Waals surface area contributed by atoms with E-state index in [-0.39, 0.29) is 0 Å². The van der Waals surface area contributed by atoms with Crippen LogP contribution in [-0.2, 0) is 0 Å². The van der Waals surface area contributed by atoms with Gasteiger partial charge in [0.25, 0.3) is 5.92 Å². The van der Waals surface area contributed by atoms with Gasteiger partial charge in [-0.1, -0.05) is 15.9 Å². The zero-order chi connectivity index (χ0) is 11.6. The van der Waals surface area contributed by atoms with Gasteiger partial charge in [0.15, 0.2) is 6.61 Å². The van der Waals surface area contributed by atoms with Gasteiger partial charge in [0.2, 0.25) is 0 Å². The maximum Gasteiger partial charge on any atom is 0.278 e. The van der Waals surface area contributed by atoms with E-state index in [4.69, 9.17) is 4.74 Å². The molecule has 0 saturated carbocycles. The summed E-state index contributed by atoms with van der Waals surface area (Å²) in [5.74, 6) is -2.29. The Morgan fingerprint density at radius 2 is 1.87 bits per heavy atom. The van der Waals surface area contributed by atoms with E-state index < -0.39 is 12.5 Å². The first-order chi connectivity index (χ1) is 6.81. The molecule has 1 rings (SSSR count). The first-order valence-electron chi connectivity index (χ1n) is 4.57. The average molecular weight is 279 g/mol. The Hall–Kier alpha value is -0.640. The third kappa shape index (κ3) is 3.45. The van der Waals surface area contributed by atoms with Crippen molar-refractivity contribution in [2.24, 2.45) is 0 Å². The molecule has 0 aromatic heterocycles. The SMILES string of the molecule is Cc1c(Br)ccc(OCC(C)(F)F)c1C. The summed E-state index contributed by atoms with van der Waals surface area (Å²) in [5.41, 5.74) is 1.89. The van der Waals surface area contributed by atoms with Gasteiger partial charge >= 0.3 is 0 Å². The van der Waals surface area contributed by atoms with Crippen LogP contribution in [0.3, 0.4) is 0 Å². The smallest absolute Gasteiger partial charge is 0.278 e. The number of halogens is 3. The zero-order valence-corrected chi connectivity index (χ0v) is 10.5. The van der Waals surface area contributed by atoms with Gasteiger partial charge in [-0.3, -0.25) is 0 Å². The summed E-state index contributed by atoms with van der Waals surface area (Å²) in [7, 11) is 0. The van der Waals surface area contributed by atoms with Crippen molar-refractivity contribution in [2.75, 3.05) is 6.61 Å². The molecule has 0 aliphatic heterocycles. The summed E-state index contributed by atoms with van der Waals surface area (Å²) < 4.78 is 31.2. The molecule has 0 heterocycles. The molecule has 0 bridgehead atoms. The number of alkyl halides is 2. The van der Waals surface area contributed by atoms with Gasteiger partial charge < -0.3 is 4.74 Å². The van der Waals surface area contributed by atoms with Crippen LogP contribution in [0.5, 0.6) is 5.75 Å². The van der Waals surface area contributed by atoms with E-state index in [0.29, 0.717) is 5.75 Å². The normalized spacial score (nSPS) is 11.6. The van der Waals surface area contributed by atoms with Crippen molar-refractivity contribution < 1.29 is 13.5 Å². The van der Waals surface area contributed by atoms with Gasteiger partial charge in [0.1, 0.15) is 5.75 Å². The number of hydrogen-bond acceptors (Lipinski definition) is 1. The van der Waals surface area contributed by atoms with Crippen LogP contribution in [0.15, 0.2) is 16.6 Å². The predicted molar refractivity (Wildman–Crippen MR) is 59.7 cm³/mol. The highest BCUT2D eigenvalue weighted by atomic mass is 79.9. The van der Waals surface area contributed by atoms with E-state index in [0.717, 1.165) is 22.5 Å². The molecule has 4 heteroatoms. The molecule has 0 atom stereocenters. The summed E-state index contributed by atoms with van der Waals surface area (Å²) >= 11 is 3.37. The Morgan fingerprint density at radius 3 is 2.40 bits per heavy atom. The van der Waals surface area contributed by atoms with E-state index >= 15 is 0 Å². The lowest BCUT2D eigenvalue weighted by Crippen LogP contribution is -2.21. The van der Waals surface area contributed by atoms with E-state index in [1.807, 2.05) is 13.8 Å². The molecule has 0 aliphatic carbocycles. The molecule has 0 N–H and O–H groups in total. The Morgan fingerprint density at radius 1 is 1.27 bits per heavy atom. The lowest BCUT2D eigenvalue weighted by Gasteiger charge is -2.15. The van der Waals surface area contributed by atoms with Gasteiger partial charge in [-0.15, -0.1) is 0 Å². The molecule has 0 fully saturated rings. The topological polar surface area (TPSA) is 9.23 Å². The fraction of sp³-hybridized carbons (Fsp3) is 0.455. The molecule has 0 aliphatic rings. The number of hydrogen-bond donors (Lipinski definition) is 0. The predicted octanol–water partition coefficient (Wildman–Crippen LogP) is 4.10. The van der Waals surface area contributed by atoms with Crippen LogP contribution in [0.1, 0.15) is 18.1 Å². The van der Waals surface area contributed by atoms with Crippen LogP contribution in [0, 0.1) is 13.8 Å². The first kappa shape index (κ1) is 12.4. The molecule has 1 aromatic carbocycles. The molecule has 0 amide bonds. The lowest BCUT2D eigenvalue weighted by molar-refractivity contribution is -0.0231. The minimum Gasteiger partial charge on any atom is -0.487 e. The third-order valence-electron chi connectivity index (χ3n) is 2.15. The van der Waals surface area contributed by atoms with E-state index in [1.54, 1.807) is 12.1 Å². The third-order valence-corrected chi connectivity index (χ3v) is 3.01. The van der Waals surface area contributed by atoms with Gasteiger partial charge in [0.05, 0.1) is 0 Å². The average Bonchev–Trinajstić information content (AvgIpc) is 2.12. The number of benzene rings is 1. The van der Waals surface area contributed by atoms with Crippen molar-refractivity contribution in [1.82, 2.24) is 0 Å². The van der Waals surface area contributed by atoms with Gasteiger partial charge in [-0.25, -0.2) is 8.78 Å². The van der Waals surface area contributed by atoms with Crippen molar-refractivity contribution in [2.45, 2.75) is 26.7 Å². The van der Waals surface area contributed by atoms with Crippen molar-refractivity contribution in [3.8, 4) is 5.75 Å². The largest absolute Gasteiger partial charge is 0.487 e. The molecule has 84 valence electrons. The Kier molecular flexibility index (Phi) is 3.71. The summed E-state index contributed by atoms with van der Waals surface area (Å²) in [4.78, 5) is 0. The highest BCUT2D eigenvalue weighted by Crippen LogP contribution is 2.28. The van der Waals surface area contributed by atoms with Crippen molar-refractivity contribution in [1.29, 1.82) is 0 Å². The van der Waals surface area contributed by atoms with Crippen molar-refractivity contribution >= 4 is 15.9 Å². The van der Waals surface area contributed by atoms with Crippen LogP contribution in [-0.4, -0.2) is 12.5 Å². The Bertz CT molecular complexity index is 358. The molecule has 1 nitrogen and oxygen atoms in total. The molecule has 0 saturated heterocycles. The van der Waals surface area contributed by atoms with Gasteiger partial charge in [0, 0.05) is 11.4 Å². The van der Waals surface area contributed by atoms with E-state index in [9.17, 15) is 8.78 Å². The summed E-state index contributed by atoms with van der Waals surface area (Å²) in [6, 6.07) is 3.49. The van der Waals surface area contributed by atoms with Crippen LogP contribution >= 0.6 is 15.9 Å². The Balaban J connectivity index is 2.83. The number of ether oxygens (including phenoxy) is 1. The summed E-state index contributed by atoms with van der Waals surface area (Å²) in [6.45, 7) is 4.02. The second-order valence-electron chi connectivity index (χ2n) is 3.65. The van der Waals surface area contributed by atoms with Gasteiger partial charge in [-0.2, -0.15) is 0 Å². The monoisotopic (exact) mass is 278 g/mol. The highest BCUT2D eigenvalue weighted by molar-refractivity contribution is 9.10. The molecule has 0 radical (unpaired) electrons. The molecule has 0 unspecified atom stereocenters. The maximum atomic E-state index is 12.6. The quantitative estimate of drug-likeness (QED) is 0.809. The summed E-state index contributed by atoms with van der Waals surface area (Å²) in [6.07, 6.45) is 0. The standard InChI is InChI=1S/C11H13BrF2O/c1-7-8(2)10(5-4-9(7)12)15-6-11(3,13)14/h4-5H,6H2,1-3H3. The number of rotatable bonds is 3. The molecule has 0 spiro atoms. The molecule has 15 heavy (non-hydrogen) atoms. The fourth-order valence-corrected chi connectivity index (χ4v) is 1.55. The van der Waals surface area contributed by atoms with E-state index in [2.05, 4.69) is 15.9 Å². The fourth-order valence-electron chi connectivity index (χ4n) is 1.12. The summed E-state index contributed by atoms with van der Waals surface area (Å²) in [5, 5.41) is 0. The van der Waals surface area contributed by atoms with Gasteiger partial charge in [-0.05, 0) is 37.1 Å².